The summed E-state index contributed by atoms with van der Waals surface area (Å²) in [6, 6.07) is 53.4. The minimum atomic E-state index is 0.256. The van der Waals surface area contributed by atoms with E-state index in [0.29, 0.717) is 0 Å². The van der Waals surface area contributed by atoms with Gasteiger partial charge in [0.2, 0.25) is 0 Å². The topological polar surface area (TPSA) is 0 Å². The summed E-state index contributed by atoms with van der Waals surface area (Å²) in [7, 11) is 0. The lowest BCUT2D eigenvalue weighted by Gasteiger charge is -2.18. The van der Waals surface area contributed by atoms with Crippen LogP contribution in [0, 0.1) is 0 Å². The zero-order chi connectivity index (χ0) is 25.8. The number of allylic oxidation sites excluding steroid dienone is 1. The van der Waals surface area contributed by atoms with Crippen LogP contribution in [0.2, 0.25) is 0 Å². The molecular formula is C39H26. The van der Waals surface area contributed by atoms with Gasteiger partial charge in [0.1, 0.15) is 0 Å². The molecule has 0 aromatic heterocycles. The van der Waals surface area contributed by atoms with Gasteiger partial charge in [-0.1, -0.05) is 133 Å². The smallest absolute Gasteiger partial charge is 0.0352 e. The lowest BCUT2D eigenvalue weighted by molar-refractivity contribution is 1.07. The zero-order valence-corrected chi connectivity index (χ0v) is 21.5. The number of fused-ring (bicyclic) bond motifs is 5. The summed E-state index contributed by atoms with van der Waals surface area (Å²) in [5.41, 5.74) is 9.21. The lowest BCUT2D eigenvalue weighted by Crippen LogP contribution is -2.01. The number of hydrogen-bond donors (Lipinski definition) is 0. The van der Waals surface area contributed by atoms with Crippen LogP contribution in [-0.4, -0.2) is 0 Å². The average molecular weight is 495 g/mol. The molecule has 1 aliphatic carbocycles. The molecule has 7 aromatic rings. The Bertz CT molecular complexity index is 2040. The van der Waals surface area contributed by atoms with Crippen molar-refractivity contribution in [3.05, 3.63) is 168 Å². The molecule has 0 aliphatic heterocycles. The minimum absolute atomic E-state index is 0.256. The molecule has 0 fully saturated rings. The predicted molar refractivity (Wildman–Crippen MR) is 167 cm³/mol. The molecule has 0 amide bonds. The van der Waals surface area contributed by atoms with Crippen LogP contribution >= 0.6 is 0 Å². The summed E-state index contributed by atoms with van der Waals surface area (Å²) in [5, 5.41) is 7.76. The monoisotopic (exact) mass is 494 g/mol. The van der Waals surface area contributed by atoms with E-state index in [-0.39, 0.29) is 5.92 Å². The summed E-state index contributed by atoms with van der Waals surface area (Å²) in [4.78, 5) is 0. The number of rotatable bonds is 3. The van der Waals surface area contributed by atoms with Crippen LogP contribution in [0.1, 0.15) is 28.2 Å². The van der Waals surface area contributed by atoms with Gasteiger partial charge in [-0.3, -0.25) is 0 Å². The third kappa shape index (κ3) is 3.60. The molecule has 0 radical (unpaired) electrons. The van der Waals surface area contributed by atoms with Crippen LogP contribution < -0.4 is 0 Å². The first kappa shape index (κ1) is 22.1. The average Bonchev–Trinajstić information content (AvgIpc) is 3.40. The Kier molecular flexibility index (Phi) is 5.00. The molecule has 0 heterocycles. The molecule has 8 rings (SSSR count). The minimum Gasteiger partial charge on any atom is -0.0622 e. The van der Waals surface area contributed by atoms with Crippen LogP contribution in [0.5, 0.6) is 0 Å². The van der Waals surface area contributed by atoms with E-state index in [2.05, 4.69) is 152 Å². The van der Waals surface area contributed by atoms with Crippen LogP contribution in [-0.2, 0) is 0 Å². The standard InChI is InChI=1S/C39H26/c1-2-9-28(10-3-1)39-34-14-7-6-13-31(34)25-38(39)27-19-17-26(18-20-27)33-15-8-16-35-36(33)22-21-32-23-29-11-4-5-12-30(29)24-37(32)35/h1-25,39H. The van der Waals surface area contributed by atoms with Gasteiger partial charge in [-0.25, -0.2) is 0 Å². The maximum atomic E-state index is 2.37. The fourth-order valence-electron chi connectivity index (χ4n) is 6.45. The van der Waals surface area contributed by atoms with Crippen molar-refractivity contribution in [2.45, 2.75) is 5.92 Å². The highest BCUT2D eigenvalue weighted by Crippen LogP contribution is 2.46. The Hall–Kier alpha value is -4.94. The largest absolute Gasteiger partial charge is 0.0622 e. The molecule has 1 atom stereocenters. The third-order valence-corrected chi connectivity index (χ3v) is 8.33. The molecule has 0 spiro atoms. The first-order chi connectivity index (χ1) is 19.3. The van der Waals surface area contributed by atoms with Crippen LogP contribution in [0.15, 0.2) is 146 Å². The van der Waals surface area contributed by atoms with Crippen molar-refractivity contribution in [1.82, 2.24) is 0 Å². The lowest BCUT2D eigenvalue weighted by atomic mass is 9.85. The summed E-state index contributed by atoms with van der Waals surface area (Å²) >= 11 is 0. The molecule has 1 unspecified atom stereocenters. The van der Waals surface area contributed by atoms with Gasteiger partial charge in [0.15, 0.2) is 0 Å². The Morgan fingerprint density at radius 3 is 1.97 bits per heavy atom. The second kappa shape index (κ2) is 8.82. The maximum Gasteiger partial charge on any atom is 0.0352 e. The second-order valence-electron chi connectivity index (χ2n) is 10.5. The predicted octanol–water partition coefficient (Wildman–Crippen LogP) is 10.5. The van der Waals surface area contributed by atoms with Crippen molar-refractivity contribution in [2.75, 3.05) is 0 Å². The molecule has 0 saturated heterocycles. The maximum absolute atomic E-state index is 2.37. The molecule has 0 nitrogen and oxygen atoms in total. The van der Waals surface area contributed by atoms with Crippen molar-refractivity contribution in [3.8, 4) is 11.1 Å². The Labute approximate surface area is 228 Å². The normalized spacial score (nSPS) is 14.6. The van der Waals surface area contributed by atoms with E-state index in [1.54, 1.807) is 0 Å². The molecule has 0 bridgehead atoms. The van der Waals surface area contributed by atoms with Crippen LogP contribution in [0.25, 0.3) is 55.1 Å². The van der Waals surface area contributed by atoms with E-state index in [9.17, 15) is 0 Å². The van der Waals surface area contributed by atoms with Gasteiger partial charge in [-0.2, -0.15) is 0 Å². The number of benzene rings is 7. The van der Waals surface area contributed by atoms with E-state index in [1.165, 1.54) is 71.3 Å². The van der Waals surface area contributed by atoms with Crippen molar-refractivity contribution in [2.24, 2.45) is 0 Å². The van der Waals surface area contributed by atoms with Gasteiger partial charge < -0.3 is 0 Å². The van der Waals surface area contributed by atoms with E-state index < -0.39 is 0 Å². The summed E-state index contributed by atoms with van der Waals surface area (Å²) in [6.45, 7) is 0. The highest BCUT2D eigenvalue weighted by atomic mass is 14.3. The molecular weight excluding hydrogens is 468 g/mol. The zero-order valence-electron chi connectivity index (χ0n) is 21.5. The van der Waals surface area contributed by atoms with Crippen LogP contribution in [0.3, 0.4) is 0 Å². The molecule has 7 aromatic carbocycles. The quantitative estimate of drug-likeness (QED) is 0.169. The van der Waals surface area contributed by atoms with Gasteiger partial charge >= 0.3 is 0 Å². The molecule has 182 valence electrons. The fraction of sp³-hybridized carbons (Fsp3) is 0.0256. The van der Waals surface area contributed by atoms with Gasteiger partial charge in [0.05, 0.1) is 0 Å². The highest BCUT2D eigenvalue weighted by Gasteiger charge is 2.27. The van der Waals surface area contributed by atoms with Gasteiger partial charge in [-0.05, 0) is 89.5 Å². The Morgan fingerprint density at radius 2 is 1.13 bits per heavy atom. The second-order valence-corrected chi connectivity index (χ2v) is 10.5. The molecule has 0 N–H and O–H groups in total. The van der Waals surface area contributed by atoms with E-state index in [1.807, 2.05) is 0 Å². The summed E-state index contributed by atoms with van der Waals surface area (Å²) in [6.07, 6.45) is 2.37. The molecule has 39 heavy (non-hydrogen) atoms. The van der Waals surface area contributed by atoms with E-state index in [0.717, 1.165) is 0 Å². The van der Waals surface area contributed by atoms with Gasteiger partial charge in [-0.15, -0.1) is 0 Å². The highest BCUT2D eigenvalue weighted by molar-refractivity contribution is 6.15. The Morgan fingerprint density at radius 1 is 0.410 bits per heavy atom. The van der Waals surface area contributed by atoms with E-state index >= 15 is 0 Å². The summed E-state index contributed by atoms with van der Waals surface area (Å²) < 4.78 is 0. The number of hydrogen-bond acceptors (Lipinski definition) is 0. The van der Waals surface area contributed by atoms with Crippen molar-refractivity contribution in [1.29, 1.82) is 0 Å². The SMILES string of the molecule is C1=C(c2ccc(-c3cccc4c3ccc3cc5ccccc5cc34)cc2)C(c2ccccc2)c2ccccc21. The van der Waals surface area contributed by atoms with Gasteiger partial charge in [0.25, 0.3) is 0 Å². The Balaban J connectivity index is 1.23. The molecule has 1 aliphatic rings. The van der Waals surface area contributed by atoms with Crippen molar-refractivity contribution >= 4 is 44.0 Å². The molecule has 0 saturated carbocycles. The van der Waals surface area contributed by atoms with Crippen molar-refractivity contribution in [3.63, 3.8) is 0 Å². The van der Waals surface area contributed by atoms with E-state index in [4.69, 9.17) is 0 Å². The molecule has 0 heteroatoms. The van der Waals surface area contributed by atoms with Gasteiger partial charge in [0, 0.05) is 5.92 Å². The fourth-order valence-corrected chi connectivity index (χ4v) is 6.45. The van der Waals surface area contributed by atoms with Crippen LogP contribution in [0.4, 0.5) is 0 Å². The first-order valence-electron chi connectivity index (χ1n) is 13.6. The summed E-state index contributed by atoms with van der Waals surface area (Å²) in [5.74, 6) is 0.256. The van der Waals surface area contributed by atoms with Crippen molar-refractivity contribution < 1.29 is 0 Å². The first-order valence-corrected chi connectivity index (χ1v) is 13.6. The third-order valence-electron chi connectivity index (χ3n) is 8.33.